The maximum Gasteiger partial charge on any atom is 0.227 e. The first-order valence-electron chi connectivity index (χ1n) is 8.62. The third kappa shape index (κ3) is 3.06. The third-order valence-corrected chi connectivity index (χ3v) is 6.03. The van der Waals surface area contributed by atoms with E-state index in [1.807, 2.05) is 30.3 Å². The van der Waals surface area contributed by atoms with E-state index < -0.39 is 5.54 Å². The van der Waals surface area contributed by atoms with Crippen LogP contribution in [-0.2, 0) is 16.8 Å². The zero-order valence-corrected chi connectivity index (χ0v) is 16.1. The number of nitrogens with zero attached hydrogens (tertiary/aromatic N) is 4. The Bertz CT molecular complexity index is 1190. The van der Waals surface area contributed by atoms with Gasteiger partial charge in [0.05, 0.1) is 11.4 Å². The standard InChI is InChI=1S/C20H14ClFN4OS/c21-15-5-4-13-6-18(28-17(13)8-15)19-25-20(10-27-19,9-26-12-23-11-24-26)14-2-1-3-16(22)7-14/h1-8,11-12H,9-10H2. The summed E-state index contributed by atoms with van der Waals surface area (Å²) in [6.07, 6.45) is 3.09. The van der Waals surface area contributed by atoms with E-state index in [-0.39, 0.29) is 5.82 Å². The van der Waals surface area contributed by atoms with Gasteiger partial charge in [-0.3, -0.25) is 4.68 Å². The fraction of sp³-hybridized carbons (Fsp3) is 0.150. The second-order valence-electron chi connectivity index (χ2n) is 6.63. The lowest BCUT2D eigenvalue weighted by Crippen LogP contribution is -2.31. The van der Waals surface area contributed by atoms with Crippen LogP contribution < -0.4 is 0 Å². The van der Waals surface area contributed by atoms with Gasteiger partial charge in [-0.2, -0.15) is 5.10 Å². The largest absolute Gasteiger partial charge is 0.474 e. The van der Waals surface area contributed by atoms with Gasteiger partial charge in [-0.15, -0.1) is 11.3 Å². The van der Waals surface area contributed by atoms with E-state index >= 15 is 0 Å². The first kappa shape index (κ1) is 17.3. The van der Waals surface area contributed by atoms with Crippen LogP contribution in [-0.4, -0.2) is 27.3 Å². The topological polar surface area (TPSA) is 52.3 Å². The van der Waals surface area contributed by atoms with Crippen molar-refractivity contribution in [1.29, 1.82) is 0 Å². The highest BCUT2D eigenvalue weighted by Gasteiger charge is 2.40. The fourth-order valence-electron chi connectivity index (χ4n) is 3.36. The molecule has 4 aromatic rings. The van der Waals surface area contributed by atoms with Crippen LogP contribution in [0, 0.1) is 5.82 Å². The van der Waals surface area contributed by atoms with Crippen molar-refractivity contribution in [2.24, 2.45) is 4.99 Å². The minimum Gasteiger partial charge on any atom is -0.474 e. The number of fused-ring (bicyclic) bond motifs is 1. The van der Waals surface area contributed by atoms with Crippen LogP contribution >= 0.6 is 22.9 Å². The lowest BCUT2D eigenvalue weighted by Gasteiger charge is -2.24. The molecule has 2 aromatic heterocycles. The zero-order valence-electron chi connectivity index (χ0n) is 14.5. The Hall–Kier alpha value is -2.77. The molecule has 0 bridgehead atoms. The Morgan fingerprint density at radius 1 is 1.21 bits per heavy atom. The van der Waals surface area contributed by atoms with Crippen molar-refractivity contribution < 1.29 is 9.13 Å². The number of aromatic nitrogens is 3. The van der Waals surface area contributed by atoms with Crippen molar-refractivity contribution in [1.82, 2.24) is 14.8 Å². The Balaban J connectivity index is 1.60. The first-order valence-corrected chi connectivity index (χ1v) is 9.81. The van der Waals surface area contributed by atoms with Crippen LogP contribution in [0.5, 0.6) is 0 Å². The lowest BCUT2D eigenvalue weighted by atomic mass is 9.91. The third-order valence-electron chi connectivity index (χ3n) is 4.71. The average molecular weight is 413 g/mol. The summed E-state index contributed by atoms with van der Waals surface area (Å²) in [6.45, 7) is 0.692. The van der Waals surface area contributed by atoms with Crippen LogP contribution in [0.3, 0.4) is 0 Å². The van der Waals surface area contributed by atoms with Gasteiger partial charge in [-0.1, -0.05) is 29.8 Å². The number of aliphatic imine (C=N–C) groups is 1. The number of rotatable bonds is 4. The SMILES string of the molecule is Fc1cccc(C2(Cn3cncn3)COC(c3cc4ccc(Cl)cc4s3)=N2)c1. The second kappa shape index (κ2) is 6.68. The summed E-state index contributed by atoms with van der Waals surface area (Å²) in [5.41, 5.74) is -0.0407. The molecule has 0 saturated carbocycles. The highest BCUT2D eigenvalue weighted by Crippen LogP contribution is 2.37. The highest BCUT2D eigenvalue weighted by atomic mass is 35.5. The molecular formula is C20H14ClFN4OS. The molecule has 1 atom stereocenters. The number of benzene rings is 2. The van der Waals surface area contributed by atoms with Gasteiger partial charge in [0.2, 0.25) is 5.90 Å². The molecule has 0 spiro atoms. The minimum atomic E-state index is -0.779. The van der Waals surface area contributed by atoms with Crippen LogP contribution in [0.4, 0.5) is 4.39 Å². The van der Waals surface area contributed by atoms with Crippen molar-refractivity contribution in [2.45, 2.75) is 12.1 Å². The first-order chi connectivity index (χ1) is 13.6. The fourth-order valence-corrected chi connectivity index (χ4v) is 4.65. The van der Waals surface area contributed by atoms with Gasteiger partial charge in [-0.25, -0.2) is 14.4 Å². The van der Waals surface area contributed by atoms with E-state index in [9.17, 15) is 4.39 Å². The molecule has 0 amide bonds. The minimum absolute atomic E-state index is 0.292. The summed E-state index contributed by atoms with van der Waals surface area (Å²) in [6, 6.07) is 14.3. The molecule has 0 N–H and O–H groups in total. The maximum atomic E-state index is 13.9. The van der Waals surface area contributed by atoms with Gasteiger partial charge in [0.1, 0.15) is 30.6 Å². The molecule has 5 nitrogen and oxygen atoms in total. The summed E-state index contributed by atoms with van der Waals surface area (Å²) in [5.74, 6) is 0.234. The van der Waals surface area contributed by atoms with E-state index in [0.29, 0.717) is 24.1 Å². The Kier molecular flexibility index (Phi) is 4.14. The molecular weight excluding hydrogens is 399 g/mol. The monoisotopic (exact) mass is 412 g/mol. The van der Waals surface area contributed by atoms with Gasteiger partial charge in [0, 0.05) is 9.72 Å². The number of thiophene rings is 1. The summed E-state index contributed by atoms with van der Waals surface area (Å²) in [7, 11) is 0. The molecule has 1 unspecified atom stereocenters. The molecule has 0 saturated heterocycles. The van der Waals surface area contributed by atoms with Gasteiger partial charge in [-0.05, 0) is 41.3 Å². The van der Waals surface area contributed by atoms with Crippen molar-refractivity contribution in [3.05, 3.63) is 82.5 Å². The van der Waals surface area contributed by atoms with Crippen molar-refractivity contribution in [3.8, 4) is 0 Å². The van der Waals surface area contributed by atoms with E-state index in [2.05, 4.69) is 10.1 Å². The smallest absolute Gasteiger partial charge is 0.227 e. The summed E-state index contributed by atoms with van der Waals surface area (Å²) in [4.78, 5) is 9.82. The zero-order chi connectivity index (χ0) is 19.1. The van der Waals surface area contributed by atoms with Gasteiger partial charge >= 0.3 is 0 Å². The van der Waals surface area contributed by atoms with E-state index in [1.54, 1.807) is 28.4 Å². The maximum absolute atomic E-state index is 13.9. The normalized spacial score (nSPS) is 19.0. The van der Waals surface area contributed by atoms with Crippen LogP contribution in [0.2, 0.25) is 5.02 Å². The van der Waals surface area contributed by atoms with Crippen molar-refractivity contribution in [2.75, 3.05) is 6.61 Å². The molecule has 5 rings (SSSR count). The quantitative estimate of drug-likeness (QED) is 0.490. The van der Waals surface area contributed by atoms with Crippen LogP contribution in [0.1, 0.15) is 10.4 Å². The predicted molar refractivity (Wildman–Crippen MR) is 107 cm³/mol. The van der Waals surface area contributed by atoms with E-state index in [0.717, 1.165) is 20.5 Å². The summed E-state index contributed by atoms with van der Waals surface area (Å²) < 4.78 is 22.7. The molecule has 0 aliphatic carbocycles. The molecule has 3 heterocycles. The number of hydrogen-bond donors (Lipinski definition) is 0. The molecule has 0 fully saturated rings. The molecule has 1 aliphatic rings. The molecule has 0 radical (unpaired) electrons. The predicted octanol–water partition coefficient (Wildman–Crippen LogP) is 4.66. The summed E-state index contributed by atoms with van der Waals surface area (Å²) >= 11 is 7.67. The Morgan fingerprint density at radius 2 is 2.14 bits per heavy atom. The highest BCUT2D eigenvalue weighted by molar-refractivity contribution is 7.20. The van der Waals surface area contributed by atoms with Gasteiger partial charge < -0.3 is 4.74 Å². The molecule has 8 heteroatoms. The van der Waals surface area contributed by atoms with Gasteiger partial charge in [0.15, 0.2) is 0 Å². The molecule has 28 heavy (non-hydrogen) atoms. The molecule has 1 aliphatic heterocycles. The van der Waals surface area contributed by atoms with Crippen LogP contribution in [0.15, 0.2) is 66.2 Å². The lowest BCUT2D eigenvalue weighted by molar-refractivity contribution is 0.230. The summed E-state index contributed by atoms with van der Waals surface area (Å²) in [5, 5.41) is 5.96. The molecule has 140 valence electrons. The van der Waals surface area contributed by atoms with E-state index in [4.69, 9.17) is 21.3 Å². The van der Waals surface area contributed by atoms with Crippen molar-refractivity contribution in [3.63, 3.8) is 0 Å². The Labute approximate surface area is 169 Å². The number of hydrogen-bond acceptors (Lipinski definition) is 5. The van der Waals surface area contributed by atoms with Crippen molar-refractivity contribution >= 4 is 38.9 Å². The molecule has 2 aromatic carbocycles. The Morgan fingerprint density at radius 3 is 2.96 bits per heavy atom. The van der Waals surface area contributed by atoms with Crippen LogP contribution in [0.25, 0.3) is 10.1 Å². The number of ether oxygens (including phenoxy) is 1. The van der Waals surface area contributed by atoms with E-state index in [1.165, 1.54) is 18.5 Å². The van der Waals surface area contributed by atoms with Gasteiger partial charge in [0.25, 0.3) is 0 Å². The second-order valence-corrected chi connectivity index (χ2v) is 8.15. The number of halogens is 2. The average Bonchev–Trinajstić information content (AvgIpc) is 3.41.